The molecule has 0 unspecified atom stereocenters. The lowest BCUT2D eigenvalue weighted by atomic mass is 9.40. The Hall–Kier alpha value is -2.14. The molecule has 6 fully saturated rings. The van der Waals surface area contributed by atoms with Crippen molar-refractivity contribution in [3.63, 3.8) is 0 Å². The largest absolute Gasteiger partial charge is 0.304 e. The fourth-order valence-corrected chi connectivity index (χ4v) is 8.38. The Morgan fingerprint density at radius 2 is 0.889 bits per heavy atom. The van der Waals surface area contributed by atoms with Crippen LogP contribution in [0.5, 0.6) is 0 Å². The first-order valence-corrected chi connectivity index (χ1v) is 13.6. The molecule has 4 aliphatic carbocycles. The van der Waals surface area contributed by atoms with Crippen LogP contribution >= 0.6 is 0 Å². The first kappa shape index (κ1) is 23.0. The number of piperazine rings is 2. The standard InChI is InChI=1S/C26H36N6O4/c1-27-5-9-29(10-6-27)13-31-23(33)19-15-3-4-16(20(19)24(31)34)18-17(15)21-22(18)26(36)32(25(21)35)14-30-11-7-28(2)8-12-30/h3-4,15-22H,5-14H2,1-2H3/t15-,16+,17+,18-,19-,20+,21+,22-. The van der Waals surface area contributed by atoms with E-state index in [0.717, 1.165) is 52.4 Å². The predicted molar refractivity (Wildman–Crippen MR) is 129 cm³/mol. The third-order valence-electron chi connectivity index (χ3n) is 10.4. The minimum atomic E-state index is -0.378. The van der Waals surface area contributed by atoms with Crippen LogP contribution in [0.1, 0.15) is 0 Å². The number of rotatable bonds is 4. The van der Waals surface area contributed by atoms with E-state index >= 15 is 0 Å². The normalized spacial score (nSPS) is 43.3. The number of carbonyl (C=O) groups excluding carboxylic acids is 4. The van der Waals surface area contributed by atoms with Gasteiger partial charge in [0.05, 0.1) is 37.0 Å². The van der Waals surface area contributed by atoms with Crippen LogP contribution in [0.25, 0.3) is 0 Å². The van der Waals surface area contributed by atoms with Gasteiger partial charge in [-0.1, -0.05) is 12.2 Å². The minimum Gasteiger partial charge on any atom is -0.304 e. The van der Waals surface area contributed by atoms with Gasteiger partial charge in [-0.2, -0.15) is 0 Å². The lowest BCUT2D eigenvalue weighted by Crippen LogP contribution is -2.63. The minimum absolute atomic E-state index is 0.000487. The van der Waals surface area contributed by atoms with E-state index in [0.29, 0.717) is 13.3 Å². The van der Waals surface area contributed by atoms with E-state index in [1.807, 2.05) is 0 Å². The zero-order valence-electron chi connectivity index (χ0n) is 21.2. The van der Waals surface area contributed by atoms with E-state index in [9.17, 15) is 19.2 Å². The molecule has 10 nitrogen and oxygen atoms in total. The highest BCUT2D eigenvalue weighted by molar-refractivity contribution is 6.09. The maximum atomic E-state index is 13.6. The second-order valence-corrected chi connectivity index (χ2v) is 12.1. The molecule has 0 aromatic carbocycles. The fraction of sp³-hybridized carbons (Fsp3) is 0.769. The van der Waals surface area contributed by atoms with E-state index in [2.05, 4.69) is 45.8 Å². The molecule has 4 saturated heterocycles. The summed E-state index contributed by atoms with van der Waals surface area (Å²) in [6.07, 6.45) is 4.18. The van der Waals surface area contributed by atoms with Crippen molar-refractivity contribution in [2.24, 2.45) is 47.3 Å². The Morgan fingerprint density at radius 1 is 0.556 bits per heavy atom. The molecule has 2 saturated carbocycles. The molecule has 8 atom stereocenters. The number of fused-ring (bicyclic) bond motifs is 1. The number of likely N-dealkylation sites (N-methyl/N-ethyl adjacent to an activating group) is 2. The summed E-state index contributed by atoms with van der Waals surface area (Å²) in [4.78, 5) is 66.1. The number of hydrogen-bond donors (Lipinski definition) is 0. The Balaban J connectivity index is 1.10. The van der Waals surface area contributed by atoms with Crippen molar-refractivity contribution < 1.29 is 19.2 Å². The second-order valence-electron chi connectivity index (χ2n) is 12.1. The molecule has 0 radical (unpaired) electrons. The highest BCUT2D eigenvalue weighted by Crippen LogP contribution is 2.68. The molecule has 4 aliphatic heterocycles. The number of nitrogens with zero attached hydrogens (tertiary/aromatic N) is 6. The summed E-state index contributed by atoms with van der Waals surface area (Å²) in [6.45, 7) is 7.82. The summed E-state index contributed by atoms with van der Waals surface area (Å²) in [7, 11) is 4.17. The van der Waals surface area contributed by atoms with E-state index in [-0.39, 0.29) is 71.0 Å². The topological polar surface area (TPSA) is 87.7 Å². The molecular weight excluding hydrogens is 460 g/mol. The van der Waals surface area contributed by atoms with Crippen molar-refractivity contribution in [3.05, 3.63) is 12.2 Å². The average Bonchev–Trinajstić information content (AvgIpc) is 3.22. The van der Waals surface area contributed by atoms with E-state index in [1.54, 1.807) is 0 Å². The maximum absolute atomic E-state index is 13.6. The van der Waals surface area contributed by atoms with Gasteiger partial charge in [0.1, 0.15) is 0 Å². The Kier molecular flexibility index (Phi) is 5.23. The molecule has 4 amide bonds. The van der Waals surface area contributed by atoms with Crippen LogP contribution < -0.4 is 0 Å². The number of amides is 4. The first-order chi connectivity index (χ1) is 17.3. The smallest absolute Gasteiger partial charge is 0.234 e. The van der Waals surface area contributed by atoms with Crippen LogP contribution in [0.3, 0.4) is 0 Å². The molecule has 2 bridgehead atoms. The van der Waals surface area contributed by atoms with Gasteiger partial charge >= 0.3 is 0 Å². The van der Waals surface area contributed by atoms with Gasteiger partial charge in [0.25, 0.3) is 0 Å². The van der Waals surface area contributed by atoms with Crippen LogP contribution in [0.15, 0.2) is 12.2 Å². The van der Waals surface area contributed by atoms with Crippen molar-refractivity contribution in [3.8, 4) is 0 Å². The Bertz CT molecular complexity index is 975. The molecular formula is C26H36N6O4. The van der Waals surface area contributed by atoms with E-state index < -0.39 is 0 Å². The van der Waals surface area contributed by atoms with Gasteiger partial charge in [0, 0.05) is 52.4 Å². The monoisotopic (exact) mass is 496 g/mol. The van der Waals surface area contributed by atoms with E-state index in [1.165, 1.54) is 9.80 Å². The van der Waals surface area contributed by atoms with Crippen molar-refractivity contribution in [1.82, 2.24) is 29.4 Å². The van der Waals surface area contributed by atoms with Gasteiger partial charge in [-0.15, -0.1) is 0 Å². The molecule has 8 aliphatic rings. The van der Waals surface area contributed by atoms with Gasteiger partial charge in [-0.25, -0.2) is 0 Å². The van der Waals surface area contributed by atoms with Crippen LogP contribution in [0.2, 0.25) is 0 Å². The molecule has 0 spiro atoms. The number of allylic oxidation sites excluding steroid dienone is 2. The fourth-order valence-electron chi connectivity index (χ4n) is 8.38. The molecule has 36 heavy (non-hydrogen) atoms. The Labute approximate surface area is 211 Å². The van der Waals surface area contributed by atoms with Crippen molar-refractivity contribution in [2.75, 3.05) is 79.8 Å². The summed E-state index contributed by atoms with van der Waals surface area (Å²) in [5.74, 6) is -1.93. The first-order valence-electron chi connectivity index (χ1n) is 13.6. The van der Waals surface area contributed by atoms with Crippen molar-refractivity contribution >= 4 is 23.6 Å². The zero-order valence-corrected chi connectivity index (χ0v) is 21.2. The van der Waals surface area contributed by atoms with Gasteiger partial charge in [0.15, 0.2) is 0 Å². The van der Waals surface area contributed by atoms with Crippen molar-refractivity contribution in [1.29, 1.82) is 0 Å². The highest BCUT2D eigenvalue weighted by Gasteiger charge is 2.75. The number of imide groups is 2. The number of carbonyl (C=O) groups is 4. The van der Waals surface area contributed by atoms with Crippen LogP contribution in [0.4, 0.5) is 0 Å². The zero-order chi connectivity index (χ0) is 24.9. The quantitative estimate of drug-likeness (QED) is 0.349. The molecule has 10 heteroatoms. The van der Waals surface area contributed by atoms with Crippen LogP contribution in [-0.2, 0) is 19.2 Å². The lowest BCUT2D eigenvalue weighted by molar-refractivity contribution is -0.166. The summed E-state index contributed by atoms with van der Waals surface area (Å²) < 4.78 is 0. The SMILES string of the molecule is CN1CCN(CN2C(=O)[C@@H]3[C@@H]4C=C[C@H]([C@@H]3C2=O)[C@H]2[C@H]3C(=O)N(CN5CCN(C)CC5)C(=O)[C@H]3[C@@H]42)CC1. The highest BCUT2D eigenvalue weighted by atomic mass is 16.2. The average molecular weight is 497 g/mol. The third-order valence-corrected chi connectivity index (χ3v) is 10.4. The van der Waals surface area contributed by atoms with Crippen molar-refractivity contribution in [2.45, 2.75) is 0 Å². The molecule has 194 valence electrons. The predicted octanol–water partition coefficient (Wildman–Crippen LogP) is -1.34. The summed E-state index contributed by atoms with van der Waals surface area (Å²) >= 11 is 0. The number of likely N-dealkylation sites (tertiary alicyclic amines) is 2. The summed E-state index contributed by atoms with van der Waals surface area (Å²) in [5.41, 5.74) is 0. The molecule has 0 aromatic heterocycles. The number of hydrogen-bond acceptors (Lipinski definition) is 8. The lowest BCUT2D eigenvalue weighted by Gasteiger charge is -2.60. The summed E-state index contributed by atoms with van der Waals surface area (Å²) in [5, 5.41) is 0. The maximum Gasteiger partial charge on any atom is 0.234 e. The van der Waals surface area contributed by atoms with Gasteiger partial charge in [-0.05, 0) is 37.8 Å². The van der Waals surface area contributed by atoms with E-state index in [4.69, 9.17) is 0 Å². The molecule has 4 heterocycles. The molecule has 0 aromatic rings. The Morgan fingerprint density at radius 3 is 1.25 bits per heavy atom. The summed E-state index contributed by atoms with van der Waals surface area (Å²) in [6, 6.07) is 0. The molecule has 8 rings (SSSR count). The molecule has 0 N–H and O–H groups in total. The van der Waals surface area contributed by atoms with Gasteiger partial charge in [-0.3, -0.25) is 38.8 Å². The van der Waals surface area contributed by atoms with Gasteiger partial charge < -0.3 is 9.80 Å². The third kappa shape index (κ3) is 3.10. The van der Waals surface area contributed by atoms with Gasteiger partial charge in [0.2, 0.25) is 23.6 Å². The van der Waals surface area contributed by atoms with Crippen LogP contribution in [0, 0.1) is 47.3 Å². The second kappa shape index (κ2) is 8.18. The van der Waals surface area contributed by atoms with Crippen LogP contribution in [-0.4, -0.2) is 133 Å².